The number of nitro benzene ring substituents is 1. The molecule has 1 aliphatic heterocycles. The van der Waals surface area contributed by atoms with E-state index < -0.39 is 4.92 Å². The van der Waals surface area contributed by atoms with Crippen LogP contribution in [0.25, 0.3) is 5.57 Å². The minimum Gasteiger partial charge on any atom is -0.339 e. The summed E-state index contributed by atoms with van der Waals surface area (Å²) < 4.78 is 0. The van der Waals surface area contributed by atoms with Crippen molar-refractivity contribution in [3.05, 3.63) is 46.5 Å². The number of carbonyl (C=O) groups is 2. The van der Waals surface area contributed by atoms with E-state index in [2.05, 4.69) is 6.58 Å². The third kappa shape index (κ3) is 3.30. The van der Waals surface area contributed by atoms with Crippen LogP contribution < -0.4 is 0 Å². The third-order valence-corrected chi connectivity index (χ3v) is 3.68. The first kappa shape index (κ1) is 15.7. The maximum Gasteiger partial charge on any atom is 0.270 e. The van der Waals surface area contributed by atoms with Crippen molar-refractivity contribution in [2.24, 2.45) is 0 Å². The van der Waals surface area contributed by atoms with Gasteiger partial charge in [0.15, 0.2) is 0 Å². The molecule has 7 nitrogen and oxygen atoms in total. The molecule has 1 aromatic rings. The Morgan fingerprint density at radius 1 is 1.18 bits per heavy atom. The largest absolute Gasteiger partial charge is 0.339 e. The lowest BCUT2D eigenvalue weighted by Crippen LogP contribution is -2.50. The highest BCUT2D eigenvalue weighted by Crippen LogP contribution is 2.21. The summed E-state index contributed by atoms with van der Waals surface area (Å²) in [5, 5.41) is 10.8. The van der Waals surface area contributed by atoms with Gasteiger partial charge in [0.05, 0.1) is 4.92 Å². The van der Waals surface area contributed by atoms with E-state index in [9.17, 15) is 19.7 Å². The number of piperazine rings is 1. The van der Waals surface area contributed by atoms with E-state index >= 15 is 0 Å². The zero-order valence-electron chi connectivity index (χ0n) is 12.3. The van der Waals surface area contributed by atoms with Crippen molar-refractivity contribution in [2.75, 3.05) is 26.2 Å². The molecule has 7 heteroatoms. The molecule has 1 heterocycles. The predicted molar refractivity (Wildman–Crippen MR) is 81.0 cm³/mol. The second kappa shape index (κ2) is 6.38. The van der Waals surface area contributed by atoms with Crippen molar-refractivity contribution in [2.45, 2.75) is 6.92 Å². The molecule has 0 atom stereocenters. The van der Waals surface area contributed by atoms with Gasteiger partial charge in [0.1, 0.15) is 0 Å². The average molecular weight is 303 g/mol. The highest BCUT2D eigenvalue weighted by atomic mass is 16.6. The first-order valence-electron chi connectivity index (χ1n) is 6.88. The highest BCUT2D eigenvalue weighted by molar-refractivity contribution is 6.18. The molecular weight excluding hydrogens is 286 g/mol. The quantitative estimate of drug-likeness (QED) is 0.478. The second-order valence-electron chi connectivity index (χ2n) is 5.08. The van der Waals surface area contributed by atoms with Crippen LogP contribution in [0.5, 0.6) is 0 Å². The molecule has 0 unspecified atom stereocenters. The summed E-state index contributed by atoms with van der Waals surface area (Å²) >= 11 is 0. The number of nitrogens with zero attached hydrogens (tertiary/aromatic N) is 3. The topological polar surface area (TPSA) is 83.8 Å². The zero-order valence-corrected chi connectivity index (χ0v) is 12.3. The van der Waals surface area contributed by atoms with Crippen LogP contribution in [0.4, 0.5) is 5.69 Å². The lowest BCUT2D eigenvalue weighted by Gasteiger charge is -2.34. The van der Waals surface area contributed by atoms with E-state index in [0.29, 0.717) is 31.7 Å². The Kier molecular flexibility index (Phi) is 4.55. The van der Waals surface area contributed by atoms with Gasteiger partial charge in [-0.25, -0.2) is 0 Å². The molecule has 0 aromatic heterocycles. The first-order valence-corrected chi connectivity index (χ1v) is 6.88. The van der Waals surface area contributed by atoms with E-state index in [-0.39, 0.29) is 23.1 Å². The molecular formula is C15H17N3O4. The smallest absolute Gasteiger partial charge is 0.270 e. The zero-order chi connectivity index (χ0) is 16.3. The number of rotatable bonds is 3. The molecule has 0 radical (unpaired) electrons. The Labute approximate surface area is 128 Å². The Morgan fingerprint density at radius 2 is 1.77 bits per heavy atom. The Bertz CT molecular complexity index is 633. The molecule has 2 amide bonds. The van der Waals surface area contributed by atoms with Crippen molar-refractivity contribution in [3.63, 3.8) is 0 Å². The molecule has 0 N–H and O–H groups in total. The maximum atomic E-state index is 12.4. The van der Waals surface area contributed by atoms with Gasteiger partial charge in [-0.3, -0.25) is 19.7 Å². The Hall–Kier alpha value is -2.70. The molecule has 22 heavy (non-hydrogen) atoms. The van der Waals surface area contributed by atoms with Crippen LogP contribution >= 0.6 is 0 Å². The fourth-order valence-electron chi connectivity index (χ4n) is 2.35. The molecule has 2 rings (SSSR count). The van der Waals surface area contributed by atoms with E-state index in [1.807, 2.05) is 0 Å². The lowest BCUT2D eigenvalue weighted by atomic mass is 10.1. The molecule has 0 bridgehead atoms. The molecule has 116 valence electrons. The number of carbonyl (C=O) groups excluding carboxylic acids is 2. The first-order chi connectivity index (χ1) is 10.4. The second-order valence-corrected chi connectivity index (χ2v) is 5.08. The van der Waals surface area contributed by atoms with Gasteiger partial charge in [0.2, 0.25) is 5.91 Å². The Balaban J connectivity index is 2.07. The van der Waals surface area contributed by atoms with E-state index in [0.717, 1.165) is 0 Å². The molecule has 0 spiro atoms. The standard InChI is InChI=1S/C15H17N3O4/c1-11(13-4-3-5-14(10-13)18(21)22)15(20)17-8-6-16(7-9-17)12(2)19/h3-5,10H,1,6-9H2,2H3. The van der Waals surface area contributed by atoms with Gasteiger partial charge in [-0.05, 0) is 5.56 Å². The summed E-state index contributed by atoms with van der Waals surface area (Å²) in [6.07, 6.45) is 0. The van der Waals surface area contributed by atoms with Gasteiger partial charge < -0.3 is 9.80 Å². The number of nitro groups is 1. The lowest BCUT2D eigenvalue weighted by molar-refractivity contribution is -0.384. The molecule has 1 aromatic carbocycles. The molecule has 1 saturated heterocycles. The van der Waals surface area contributed by atoms with Crippen LogP contribution in [0.2, 0.25) is 0 Å². The summed E-state index contributed by atoms with van der Waals surface area (Å²) in [5.74, 6) is -0.270. The maximum absolute atomic E-state index is 12.4. The van der Waals surface area contributed by atoms with Crippen molar-refractivity contribution >= 4 is 23.1 Å². The summed E-state index contributed by atoms with van der Waals surface area (Å²) in [4.78, 5) is 37.3. The summed E-state index contributed by atoms with van der Waals surface area (Å²) in [5.41, 5.74) is 0.584. The van der Waals surface area contributed by atoms with Gasteiger partial charge in [-0.15, -0.1) is 0 Å². The molecule has 1 aliphatic rings. The number of hydrogen-bond acceptors (Lipinski definition) is 4. The fraction of sp³-hybridized carbons (Fsp3) is 0.333. The van der Waals surface area contributed by atoms with Gasteiger partial charge in [0, 0.05) is 50.8 Å². The van der Waals surface area contributed by atoms with Crippen LogP contribution in [-0.4, -0.2) is 52.7 Å². The van der Waals surface area contributed by atoms with Crippen LogP contribution in [0, 0.1) is 10.1 Å². The van der Waals surface area contributed by atoms with Crippen molar-refractivity contribution < 1.29 is 14.5 Å². The molecule has 0 aliphatic carbocycles. The predicted octanol–water partition coefficient (Wildman–Crippen LogP) is 1.30. The van der Waals surface area contributed by atoms with Gasteiger partial charge in [-0.2, -0.15) is 0 Å². The number of hydrogen-bond donors (Lipinski definition) is 0. The Morgan fingerprint density at radius 3 is 2.32 bits per heavy atom. The van der Waals surface area contributed by atoms with Crippen LogP contribution in [-0.2, 0) is 9.59 Å². The minimum atomic E-state index is -0.507. The number of non-ortho nitro benzene ring substituents is 1. The van der Waals surface area contributed by atoms with Crippen LogP contribution in [0.1, 0.15) is 12.5 Å². The normalized spacial score (nSPS) is 14.6. The monoisotopic (exact) mass is 303 g/mol. The number of benzene rings is 1. The summed E-state index contributed by atoms with van der Waals surface area (Å²) in [6, 6.07) is 5.86. The third-order valence-electron chi connectivity index (χ3n) is 3.68. The van der Waals surface area contributed by atoms with Gasteiger partial charge >= 0.3 is 0 Å². The average Bonchev–Trinajstić information content (AvgIpc) is 2.53. The van der Waals surface area contributed by atoms with Gasteiger partial charge in [0.25, 0.3) is 11.6 Å². The summed E-state index contributed by atoms with van der Waals surface area (Å²) in [7, 11) is 0. The summed E-state index contributed by atoms with van der Waals surface area (Å²) in [6.45, 7) is 7.11. The van der Waals surface area contributed by atoms with Crippen molar-refractivity contribution in [1.29, 1.82) is 0 Å². The van der Waals surface area contributed by atoms with Crippen LogP contribution in [0.15, 0.2) is 30.8 Å². The van der Waals surface area contributed by atoms with E-state index in [1.54, 1.807) is 15.9 Å². The SMILES string of the molecule is C=C(C(=O)N1CCN(C(C)=O)CC1)c1cccc([N+](=O)[O-])c1. The number of amides is 2. The fourth-order valence-corrected chi connectivity index (χ4v) is 2.35. The minimum absolute atomic E-state index is 0.00962. The van der Waals surface area contributed by atoms with E-state index in [4.69, 9.17) is 0 Å². The van der Waals surface area contributed by atoms with E-state index in [1.165, 1.54) is 25.1 Å². The van der Waals surface area contributed by atoms with Crippen molar-refractivity contribution in [3.8, 4) is 0 Å². The van der Waals surface area contributed by atoms with Crippen LogP contribution in [0.3, 0.4) is 0 Å². The van der Waals surface area contributed by atoms with Gasteiger partial charge in [-0.1, -0.05) is 18.7 Å². The highest BCUT2D eigenvalue weighted by Gasteiger charge is 2.24. The molecule has 0 saturated carbocycles. The van der Waals surface area contributed by atoms with Crippen molar-refractivity contribution in [1.82, 2.24) is 9.80 Å². The molecule has 1 fully saturated rings.